The van der Waals surface area contributed by atoms with Crippen molar-refractivity contribution in [3.63, 3.8) is 0 Å². The van der Waals surface area contributed by atoms with Crippen LogP contribution in [-0.4, -0.2) is 34.4 Å². The van der Waals surface area contributed by atoms with Gasteiger partial charge in [0.25, 0.3) is 0 Å². The van der Waals surface area contributed by atoms with Crippen LogP contribution in [0.15, 0.2) is 42.5 Å². The first-order valence-corrected chi connectivity index (χ1v) is 12.0. The lowest BCUT2D eigenvalue weighted by Crippen LogP contribution is -2.45. The van der Waals surface area contributed by atoms with E-state index in [9.17, 15) is 19.4 Å². The van der Waals surface area contributed by atoms with E-state index in [1.54, 1.807) is 12.1 Å². The number of carboxylic acid groups (broad SMARTS) is 1. The third-order valence-electron chi connectivity index (χ3n) is 6.41. The molecule has 180 valence electrons. The first-order valence-electron chi connectivity index (χ1n) is 12.0. The summed E-state index contributed by atoms with van der Waals surface area (Å²) in [7, 11) is 0. The van der Waals surface area contributed by atoms with Crippen molar-refractivity contribution < 1.29 is 19.4 Å². The van der Waals surface area contributed by atoms with E-state index in [1.165, 1.54) is 31.4 Å². The molecule has 0 aliphatic heterocycles. The monoisotopic (exact) mass is 456 g/mol. The molecule has 0 radical (unpaired) electrons. The minimum Gasteiger partial charge on any atom is -0.481 e. The molecule has 2 aromatic rings. The van der Waals surface area contributed by atoms with E-state index in [2.05, 4.69) is 10.2 Å². The summed E-state index contributed by atoms with van der Waals surface area (Å²) in [4.78, 5) is 13.7. The molecule has 0 unspecified atom stereocenters. The molecule has 0 amide bonds. The van der Waals surface area contributed by atoms with E-state index in [4.69, 9.17) is 0 Å². The summed E-state index contributed by atoms with van der Waals surface area (Å²) < 4.78 is 13.5. The zero-order chi connectivity index (χ0) is 24.0. The molecule has 0 aromatic heterocycles. The molecule has 3 rings (SSSR count). The van der Waals surface area contributed by atoms with E-state index >= 15 is 0 Å². The van der Waals surface area contributed by atoms with Crippen molar-refractivity contribution in [2.24, 2.45) is 0 Å². The number of halogens is 1. The largest absolute Gasteiger partial charge is 0.481 e. The summed E-state index contributed by atoms with van der Waals surface area (Å²) in [6.45, 7) is 6.13. The molecular formula is C27H37FN2O3. The number of hydrogen-bond acceptors (Lipinski definition) is 4. The fourth-order valence-corrected chi connectivity index (χ4v) is 4.78. The highest BCUT2D eigenvalue weighted by Gasteiger charge is 2.29. The summed E-state index contributed by atoms with van der Waals surface area (Å²) in [5.41, 5.74) is 2.66. The Morgan fingerprint density at radius 1 is 1.15 bits per heavy atom. The molecule has 0 heterocycles. The van der Waals surface area contributed by atoms with Gasteiger partial charge in [0.15, 0.2) is 0 Å². The van der Waals surface area contributed by atoms with Crippen LogP contribution in [0.1, 0.15) is 77.2 Å². The van der Waals surface area contributed by atoms with Gasteiger partial charge in [0, 0.05) is 18.3 Å². The number of nitrogens with one attached hydrogen (secondary N) is 1. The smallest absolute Gasteiger partial charge is 0.303 e. The lowest BCUT2D eigenvalue weighted by atomic mass is 9.90. The minimum absolute atomic E-state index is 0.0713. The van der Waals surface area contributed by atoms with Crippen LogP contribution < -0.4 is 10.2 Å². The fraction of sp³-hybridized carbons (Fsp3) is 0.519. The van der Waals surface area contributed by atoms with E-state index < -0.39 is 11.6 Å². The highest BCUT2D eigenvalue weighted by atomic mass is 19.1. The first kappa shape index (κ1) is 25.0. The van der Waals surface area contributed by atoms with Crippen LogP contribution in [0.4, 0.5) is 21.5 Å². The van der Waals surface area contributed by atoms with Gasteiger partial charge in [0.2, 0.25) is 0 Å². The Kier molecular flexibility index (Phi) is 8.35. The van der Waals surface area contributed by atoms with E-state index in [-0.39, 0.29) is 18.2 Å². The topological polar surface area (TPSA) is 72.8 Å². The molecule has 1 aliphatic rings. The van der Waals surface area contributed by atoms with Crippen LogP contribution in [-0.2, 0) is 4.79 Å². The van der Waals surface area contributed by atoms with Gasteiger partial charge in [-0.25, -0.2) is 4.39 Å². The number of carboxylic acids is 1. The van der Waals surface area contributed by atoms with Crippen LogP contribution in [0.25, 0.3) is 0 Å². The van der Waals surface area contributed by atoms with Crippen LogP contribution in [0, 0.1) is 5.82 Å². The predicted octanol–water partition coefficient (Wildman–Crippen LogP) is 6.45. The molecule has 1 aliphatic carbocycles. The summed E-state index contributed by atoms with van der Waals surface area (Å²) in [6.07, 6.45) is 6.51. The molecule has 0 saturated heterocycles. The third-order valence-corrected chi connectivity index (χ3v) is 6.41. The van der Waals surface area contributed by atoms with Crippen LogP contribution in [0.5, 0.6) is 0 Å². The molecule has 1 atom stereocenters. The second-order valence-corrected chi connectivity index (χ2v) is 9.84. The Morgan fingerprint density at radius 2 is 1.82 bits per heavy atom. The van der Waals surface area contributed by atoms with Crippen molar-refractivity contribution in [2.45, 2.75) is 83.3 Å². The maximum absolute atomic E-state index is 13.5. The Bertz CT molecular complexity index is 918. The zero-order valence-corrected chi connectivity index (χ0v) is 20.0. The number of aliphatic hydroxyl groups is 1. The van der Waals surface area contributed by atoms with Crippen LogP contribution in [0.2, 0.25) is 0 Å². The second-order valence-electron chi connectivity index (χ2n) is 9.84. The van der Waals surface area contributed by atoms with Gasteiger partial charge in [0.05, 0.1) is 23.4 Å². The highest BCUT2D eigenvalue weighted by Crippen LogP contribution is 2.38. The number of hydrogen-bond donors (Lipinski definition) is 3. The van der Waals surface area contributed by atoms with Gasteiger partial charge in [-0.2, -0.15) is 0 Å². The Morgan fingerprint density at radius 3 is 2.39 bits per heavy atom. The van der Waals surface area contributed by atoms with Crippen molar-refractivity contribution in [3.8, 4) is 0 Å². The maximum Gasteiger partial charge on any atom is 0.303 e. The van der Waals surface area contributed by atoms with Gasteiger partial charge in [-0.1, -0.05) is 32.3 Å². The molecule has 0 spiro atoms. The summed E-state index contributed by atoms with van der Waals surface area (Å²) in [5.74, 6) is -1.21. The normalized spacial score (nSPS) is 15.8. The minimum atomic E-state index is -0.876. The number of benzene rings is 2. The van der Waals surface area contributed by atoms with Gasteiger partial charge in [0.1, 0.15) is 5.82 Å². The molecule has 1 saturated carbocycles. The SMILES string of the molecule is CC[C@H](CC(=O)O)c1ccc(N(CC(C)(C)O)C2CCCCC2)c(Nc2ccc(F)cc2)c1. The van der Waals surface area contributed by atoms with Crippen LogP contribution >= 0.6 is 0 Å². The average Bonchev–Trinajstić information content (AvgIpc) is 2.77. The van der Waals surface area contributed by atoms with Crippen molar-refractivity contribution in [3.05, 3.63) is 53.8 Å². The number of aliphatic carboxylic acids is 1. The van der Waals surface area contributed by atoms with E-state index in [0.717, 1.165) is 41.9 Å². The zero-order valence-electron chi connectivity index (χ0n) is 20.0. The molecule has 1 fully saturated rings. The average molecular weight is 457 g/mol. The van der Waals surface area contributed by atoms with Gasteiger partial charge < -0.3 is 20.4 Å². The summed E-state index contributed by atoms with van der Waals surface area (Å²) in [5, 5.41) is 23.5. The third kappa shape index (κ3) is 7.19. The maximum atomic E-state index is 13.5. The van der Waals surface area contributed by atoms with Gasteiger partial charge >= 0.3 is 5.97 Å². The fourth-order valence-electron chi connectivity index (χ4n) is 4.78. The van der Waals surface area contributed by atoms with Gasteiger partial charge in [-0.05, 0) is 81.0 Å². The van der Waals surface area contributed by atoms with Gasteiger partial charge in [-0.3, -0.25) is 4.79 Å². The molecule has 2 aromatic carbocycles. The Hall–Kier alpha value is -2.60. The summed E-state index contributed by atoms with van der Waals surface area (Å²) >= 11 is 0. The molecule has 6 heteroatoms. The molecule has 5 nitrogen and oxygen atoms in total. The van der Waals surface area contributed by atoms with Gasteiger partial charge in [-0.15, -0.1) is 0 Å². The van der Waals surface area contributed by atoms with Crippen molar-refractivity contribution >= 4 is 23.0 Å². The molecular weight excluding hydrogens is 419 g/mol. The number of anilines is 3. The Labute approximate surface area is 196 Å². The highest BCUT2D eigenvalue weighted by molar-refractivity contribution is 5.77. The lowest BCUT2D eigenvalue weighted by molar-refractivity contribution is -0.137. The second kappa shape index (κ2) is 11.0. The Balaban J connectivity index is 2.05. The number of carbonyl (C=O) groups is 1. The quantitative estimate of drug-likeness (QED) is 0.383. The molecule has 0 bridgehead atoms. The van der Waals surface area contributed by atoms with Crippen LogP contribution in [0.3, 0.4) is 0 Å². The number of rotatable bonds is 10. The van der Waals surface area contributed by atoms with E-state index in [1.807, 2.05) is 39.0 Å². The molecule has 3 N–H and O–H groups in total. The van der Waals surface area contributed by atoms with Crippen molar-refractivity contribution in [2.75, 3.05) is 16.8 Å². The predicted molar refractivity (Wildman–Crippen MR) is 132 cm³/mol. The standard InChI is InChI=1S/C27H37FN2O3/c1-4-19(17-26(31)32)20-10-15-25(24(16-20)29-22-13-11-21(28)12-14-22)30(18-27(2,3)33)23-8-6-5-7-9-23/h10-16,19,23,29,33H,4-9,17-18H2,1-3H3,(H,31,32)/t19-/m1/s1. The lowest BCUT2D eigenvalue weighted by Gasteiger charge is -2.40. The summed E-state index contributed by atoms with van der Waals surface area (Å²) in [6, 6.07) is 12.6. The molecule has 33 heavy (non-hydrogen) atoms. The van der Waals surface area contributed by atoms with E-state index in [0.29, 0.717) is 12.6 Å². The van der Waals surface area contributed by atoms with Crippen molar-refractivity contribution in [1.82, 2.24) is 0 Å². The first-order chi connectivity index (χ1) is 15.7. The van der Waals surface area contributed by atoms with Crippen molar-refractivity contribution in [1.29, 1.82) is 0 Å². The number of nitrogens with zero attached hydrogens (tertiary/aromatic N) is 1.